The molecule has 6 rings (SSSR count). The maximum Gasteiger partial charge on any atom is 0.264 e. The van der Waals surface area contributed by atoms with E-state index in [0.717, 1.165) is 48.0 Å². The van der Waals surface area contributed by atoms with Gasteiger partial charge in [-0.15, -0.1) is 0 Å². The van der Waals surface area contributed by atoms with Gasteiger partial charge in [-0.3, -0.25) is 13.9 Å². The molecule has 10 nitrogen and oxygen atoms in total. The van der Waals surface area contributed by atoms with E-state index in [1.54, 1.807) is 24.3 Å². The van der Waals surface area contributed by atoms with Crippen LogP contribution in [0.2, 0.25) is 0 Å². The summed E-state index contributed by atoms with van der Waals surface area (Å²) >= 11 is 0. The Bertz CT molecular complexity index is 1810. The van der Waals surface area contributed by atoms with E-state index in [0.29, 0.717) is 11.6 Å². The van der Waals surface area contributed by atoms with Crippen LogP contribution in [0.5, 0.6) is 11.8 Å². The molecule has 5 aromatic rings. The molecule has 0 saturated carbocycles. The van der Waals surface area contributed by atoms with Gasteiger partial charge in [0, 0.05) is 86.1 Å². The zero-order valence-corrected chi connectivity index (χ0v) is 25.2. The fraction of sp³-hybridized carbons (Fsp3) is 0.323. The zero-order chi connectivity index (χ0) is 29.4. The molecular formula is C31H36N6O4S. The van der Waals surface area contributed by atoms with E-state index in [1.807, 2.05) is 61.9 Å². The molecule has 0 bridgehead atoms. The molecule has 0 spiro atoms. The molecule has 1 fully saturated rings. The Labute approximate surface area is 246 Å². The second-order valence-electron chi connectivity index (χ2n) is 10.6. The summed E-state index contributed by atoms with van der Waals surface area (Å²) in [6.45, 7) is 5.61. The summed E-state index contributed by atoms with van der Waals surface area (Å²) in [6.07, 6.45) is 4.09. The van der Waals surface area contributed by atoms with E-state index >= 15 is 0 Å². The van der Waals surface area contributed by atoms with Gasteiger partial charge in [-0.25, -0.2) is 8.42 Å². The van der Waals surface area contributed by atoms with Gasteiger partial charge in [0.05, 0.1) is 19.1 Å². The number of aromatic nitrogens is 3. The fourth-order valence-corrected chi connectivity index (χ4v) is 7.45. The molecule has 1 saturated heterocycles. The maximum absolute atomic E-state index is 14.5. The van der Waals surface area contributed by atoms with Crippen LogP contribution in [-0.4, -0.2) is 80.5 Å². The number of anilines is 1. The van der Waals surface area contributed by atoms with Crippen LogP contribution >= 0.6 is 0 Å². The molecule has 11 heteroatoms. The van der Waals surface area contributed by atoms with Crippen molar-refractivity contribution in [1.82, 2.24) is 19.1 Å². The molecule has 42 heavy (non-hydrogen) atoms. The molecule has 0 amide bonds. The van der Waals surface area contributed by atoms with Crippen molar-refractivity contribution in [2.24, 2.45) is 7.05 Å². The lowest BCUT2D eigenvalue weighted by Gasteiger charge is -2.40. The van der Waals surface area contributed by atoms with Crippen molar-refractivity contribution in [3.05, 3.63) is 79.1 Å². The predicted octanol–water partition coefficient (Wildman–Crippen LogP) is 4.08. The lowest BCUT2D eigenvalue weighted by molar-refractivity contribution is 0.189. The van der Waals surface area contributed by atoms with E-state index in [2.05, 4.69) is 31.1 Å². The van der Waals surface area contributed by atoms with Crippen molar-refractivity contribution in [3.8, 4) is 11.8 Å². The van der Waals surface area contributed by atoms with E-state index in [4.69, 9.17) is 9.47 Å². The normalized spacial score (nSPS) is 15.3. The first kappa shape index (κ1) is 27.9. The summed E-state index contributed by atoms with van der Waals surface area (Å²) in [5, 5.41) is 4.19. The van der Waals surface area contributed by atoms with Gasteiger partial charge < -0.3 is 19.0 Å². The number of hydrogen-bond acceptors (Lipinski definition) is 7. The van der Waals surface area contributed by atoms with Gasteiger partial charge in [0.25, 0.3) is 10.0 Å². The summed E-state index contributed by atoms with van der Waals surface area (Å²) in [7, 11) is 0.989. The van der Waals surface area contributed by atoms with Crippen molar-refractivity contribution in [2.45, 2.75) is 17.9 Å². The van der Waals surface area contributed by atoms with Crippen LogP contribution in [0.4, 0.5) is 5.69 Å². The molecule has 4 heterocycles. The number of pyridine rings is 1. The van der Waals surface area contributed by atoms with Crippen LogP contribution in [0, 0.1) is 0 Å². The molecule has 1 unspecified atom stereocenters. The van der Waals surface area contributed by atoms with E-state index in [-0.39, 0.29) is 23.4 Å². The fourth-order valence-electron chi connectivity index (χ4n) is 5.88. The topological polar surface area (TPSA) is 85.1 Å². The number of fused-ring (bicyclic) bond motifs is 3. The van der Waals surface area contributed by atoms with Crippen LogP contribution in [0.1, 0.15) is 6.92 Å². The Hall–Kier alpha value is -4.22. The average molecular weight is 589 g/mol. The molecule has 3 aromatic heterocycles. The zero-order valence-electron chi connectivity index (χ0n) is 24.3. The lowest BCUT2D eigenvalue weighted by atomic mass is 10.1. The number of aryl methyl sites for hydroxylation is 1. The monoisotopic (exact) mass is 588 g/mol. The van der Waals surface area contributed by atoms with E-state index in [1.165, 1.54) is 18.5 Å². The number of para-hydroxylation sites is 1. The maximum atomic E-state index is 14.5. The van der Waals surface area contributed by atoms with Crippen molar-refractivity contribution >= 4 is 37.5 Å². The van der Waals surface area contributed by atoms with Gasteiger partial charge in [0.2, 0.25) is 11.8 Å². The summed E-state index contributed by atoms with van der Waals surface area (Å²) in [4.78, 5) is 6.96. The van der Waals surface area contributed by atoms with Gasteiger partial charge >= 0.3 is 0 Å². The molecule has 0 N–H and O–H groups in total. The molecule has 1 aliphatic rings. The van der Waals surface area contributed by atoms with Crippen molar-refractivity contribution in [2.75, 3.05) is 56.3 Å². The average Bonchev–Trinajstić information content (AvgIpc) is 3.67. The molecule has 1 atom stereocenters. The predicted molar refractivity (Wildman–Crippen MR) is 166 cm³/mol. The second-order valence-corrected chi connectivity index (χ2v) is 12.4. The summed E-state index contributed by atoms with van der Waals surface area (Å²) in [5.74, 6) is 0.535. The Balaban J connectivity index is 1.37. The number of benzene rings is 2. The first-order valence-corrected chi connectivity index (χ1v) is 15.5. The highest BCUT2D eigenvalue weighted by molar-refractivity contribution is 7.92. The molecule has 220 valence electrons. The van der Waals surface area contributed by atoms with Crippen LogP contribution < -0.4 is 18.8 Å². The Morgan fingerprint density at radius 1 is 0.881 bits per heavy atom. The number of rotatable bonds is 9. The number of sulfonamides is 1. The molecule has 0 aliphatic carbocycles. The SMILES string of the molecule is COc1ccc(N(CC(C)N2CCN(n3cccc3)CC2)S(=O)(=O)c2ccc3c(c2)c2ccccc2n3C)c(OC)n1. The van der Waals surface area contributed by atoms with Gasteiger partial charge in [-0.05, 0) is 49.4 Å². The van der Waals surface area contributed by atoms with Crippen molar-refractivity contribution in [3.63, 3.8) is 0 Å². The minimum Gasteiger partial charge on any atom is -0.481 e. The largest absolute Gasteiger partial charge is 0.481 e. The third-order valence-electron chi connectivity index (χ3n) is 8.22. The summed E-state index contributed by atoms with van der Waals surface area (Å²) < 4.78 is 45.6. The van der Waals surface area contributed by atoms with Crippen molar-refractivity contribution in [1.29, 1.82) is 0 Å². The van der Waals surface area contributed by atoms with Gasteiger partial charge in [-0.2, -0.15) is 4.98 Å². The van der Waals surface area contributed by atoms with Gasteiger partial charge in [0.1, 0.15) is 5.69 Å². The highest BCUT2D eigenvalue weighted by Crippen LogP contribution is 2.36. The standard InChI is InChI=1S/C31H36N6O4S/c1-23(34-17-19-36(20-18-34)35-15-7-8-16-35)22-37(29-13-14-30(40-3)32-31(29)41-4)42(38,39)24-11-12-28-26(21-24)25-9-5-6-10-27(25)33(28)2/h5-16,21,23H,17-20,22H2,1-4H3. The molecule has 0 radical (unpaired) electrons. The second kappa shape index (κ2) is 11.2. The number of hydrogen-bond donors (Lipinski definition) is 0. The lowest BCUT2D eigenvalue weighted by Crippen LogP contribution is -2.55. The smallest absolute Gasteiger partial charge is 0.264 e. The Kier molecular flexibility index (Phi) is 7.46. The summed E-state index contributed by atoms with van der Waals surface area (Å²) in [6, 6.07) is 20.7. The van der Waals surface area contributed by atoms with E-state index < -0.39 is 10.0 Å². The minimum atomic E-state index is -4.02. The Morgan fingerprint density at radius 3 is 2.31 bits per heavy atom. The number of methoxy groups -OCH3 is 2. The van der Waals surface area contributed by atoms with Gasteiger partial charge in [0.15, 0.2) is 0 Å². The molecular weight excluding hydrogens is 552 g/mol. The number of piperazine rings is 1. The first-order chi connectivity index (χ1) is 20.3. The Morgan fingerprint density at radius 2 is 1.60 bits per heavy atom. The van der Waals surface area contributed by atoms with E-state index in [9.17, 15) is 8.42 Å². The minimum absolute atomic E-state index is 0.0697. The third-order valence-corrected chi connectivity index (χ3v) is 9.99. The number of nitrogens with zero attached hydrogens (tertiary/aromatic N) is 6. The molecule has 1 aliphatic heterocycles. The number of ether oxygens (including phenoxy) is 2. The highest BCUT2D eigenvalue weighted by atomic mass is 32.2. The van der Waals surface area contributed by atoms with Crippen LogP contribution in [0.25, 0.3) is 21.8 Å². The quantitative estimate of drug-likeness (QED) is 0.257. The van der Waals surface area contributed by atoms with Crippen LogP contribution in [-0.2, 0) is 17.1 Å². The summed E-state index contributed by atoms with van der Waals surface area (Å²) in [5.41, 5.74) is 2.39. The first-order valence-electron chi connectivity index (χ1n) is 14.0. The highest BCUT2D eigenvalue weighted by Gasteiger charge is 2.32. The third kappa shape index (κ3) is 4.92. The van der Waals surface area contributed by atoms with Crippen LogP contribution in [0.3, 0.4) is 0 Å². The van der Waals surface area contributed by atoms with Gasteiger partial charge in [-0.1, -0.05) is 18.2 Å². The van der Waals surface area contributed by atoms with Crippen molar-refractivity contribution < 1.29 is 17.9 Å². The van der Waals surface area contributed by atoms with Crippen LogP contribution in [0.15, 0.2) is 84.0 Å². The molecule has 2 aromatic carbocycles.